The largest absolute Gasteiger partial charge is 0.453 e. The molecule has 0 radical (unpaired) electrons. The van der Waals surface area contributed by atoms with Gasteiger partial charge in [-0.2, -0.15) is 0 Å². The van der Waals surface area contributed by atoms with Gasteiger partial charge in [-0.1, -0.05) is 109 Å². The predicted octanol–water partition coefficient (Wildman–Crippen LogP) is 12.6. The summed E-state index contributed by atoms with van der Waals surface area (Å²) in [7, 11) is 0. The second-order valence-corrected chi connectivity index (χ2v) is 13.0. The molecule has 0 atom stereocenters. The third-order valence-electron chi connectivity index (χ3n) is 10.2. The first kappa shape index (κ1) is 27.2. The van der Waals surface area contributed by atoms with Gasteiger partial charge in [-0.3, -0.25) is 0 Å². The van der Waals surface area contributed by atoms with Crippen molar-refractivity contribution < 1.29 is 4.74 Å². The topological polar surface area (TPSA) is 22.3 Å². The van der Waals surface area contributed by atoms with Gasteiger partial charge in [-0.15, -0.1) is 0 Å². The number of nitrogens with zero attached hydrogens (tertiary/aromatic N) is 3. The molecule has 0 amide bonds. The second kappa shape index (κ2) is 10.4. The summed E-state index contributed by atoms with van der Waals surface area (Å²) < 4.78 is 11.5. The molecule has 0 saturated carbocycles. The Labute approximate surface area is 288 Å². The number of rotatable bonds is 4. The summed E-state index contributed by atoms with van der Waals surface area (Å²) in [6.07, 6.45) is 0. The van der Waals surface area contributed by atoms with Gasteiger partial charge in [0.15, 0.2) is 11.5 Å². The summed E-state index contributed by atoms with van der Waals surface area (Å²) in [5, 5.41) is 7.30. The molecule has 3 heterocycles. The van der Waals surface area contributed by atoms with E-state index in [9.17, 15) is 0 Å². The third kappa shape index (κ3) is 3.76. The highest BCUT2D eigenvalue weighted by molar-refractivity contribution is 6.30. The molecule has 0 bridgehead atoms. The van der Waals surface area contributed by atoms with Crippen molar-refractivity contribution in [2.45, 2.75) is 0 Å². The van der Waals surface area contributed by atoms with Gasteiger partial charge in [0.25, 0.3) is 0 Å². The lowest BCUT2D eigenvalue weighted by molar-refractivity contribution is 0.477. The van der Waals surface area contributed by atoms with Crippen molar-refractivity contribution in [2.24, 2.45) is 0 Å². The van der Waals surface area contributed by atoms with Crippen LogP contribution < -0.4 is 9.64 Å². The van der Waals surface area contributed by atoms with Gasteiger partial charge in [0, 0.05) is 50.1 Å². The van der Waals surface area contributed by atoms with Gasteiger partial charge in [0.05, 0.1) is 33.4 Å². The fourth-order valence-corrected chi connectivity index (χ4v) is 8.21. The number of aromatic nitrogens is 2. The van der Waals surface area contributed by atoms with Crippen LogP contribution in [0.2, 0.25) is 0 Å². The van der Waals surface area contributed by atoms with Crippen molar-refractivity contribution >= 4 is 71.4 Å². The Kier molecular flexibility index (Phi) is 5.63. The zero-order chi connectivity index (χ0) is 32.8. The number of hydrogen-bond acceptors (Lipinski definition) is 2. The number of benzene rings is 8. The molecule has 1 aliphatic heterocycles. The smallest absolute Gasteiger partial charge is 0.154 e. The molecule has 10 aromatic rings. The van der Waals surface area contributed by atoms with E-state index in [2.05, 4.69) is 184 Å². The van der Waals surface area contributed by atoms with Gasteiger partial charge in [-0.25, -0.2) is 0 Å². The SMILES string of the molecule is c1ccc(N(c2cccc(-n3c4ccccc4c4c5c6ccccc6n6c5c(cc43)Oc3ccccc3-6)c2)c2cccc3ccccc23)cc1. The molecule has 11 rings (SSSR count). The molecule has 8 aromatic carbocycles. The number of hydrogen-bond donors (Lipinski definition) is 0. The Morgan fingerprint density at radius 1 is 0.420 bits per heavy atom. The monoisotopic (exact) mass is 639 g/mol. The minimum Gasteiger partial charge on any atom is -0.453 e. The molecule has 4 heteroatoms. The van der Waals surface area contributed by atoms with Crippen LogP contribution in [0, 0.1) is 0 Å². The van der Waals surface area contributed by atoms with E-state index < -0.39 is 0 Å². The highest BCUT2D eigenvalue weighted by Gasteiger charge is 2.28. The van der Waals surface area contributed by atoms with Crippen LogP contribution in [0.1, 0.15) is 0 Å². The molecule has 0 spiro atoms. The lowest BCUT2D eigenvalue weighted by Crippen LogP contribution is -2.11. The number of ether oxygens (including phenoxy) is 1. The average Bonchev–Trinajstić information content (AvgIpc) is 3.70. The highest BCUT2D eigenvalue weighted by atomic mass is 16.5. The van der Waals surface area contributed by atoms with Crippen molar-refractivity contribution in [2.75, 3.05) is 4.90 Å². The fraction of sp³-hybridized carbons (Fsp3) is 0. The standard InChI is InChI=1S/C46H29N3O/c1-2-16-31(17-3-1)47(37-26-12-15-30-14-4-5-20-34(30)37)32-18-13-19-33(28-32)48-38-23-8-6-21-35(38)44-41(48)29-43-46-45(44)36-22-7-9-24-39(36)49(46)40-25-10-11-27-42(40)50-43/h1-29H. The first-order valence-corrected chi connectivity index (χ1v) is 17.0. The molecular weight excluding hydrogens is 611 g/mol. The van der Waals surface area contributed by atoms with Crippen LogP contribution in [0.4, 0.5) is 17.1 Å². The second-order valence-electron chi connectivity index (χ2n) is 13.0. The lowest BCUT2D eigenvalue weighted by Gasteiger charge is -2.27. The van der Waals surface area contributed by atoms with Crippen LogP contribution in [-0.2, 0) is 0 Å². The zero-order valence-corrected chi connectivity index (χ0v) is 27.0. The molecular formula is C46H29N3O. The Hall–Kier alpha value is -6.78. The molecule has 0 fully saturated rings. The first-order valence-electron chi connectivity index (χ1n) is 17.0. The minimum atomic E-state index is 0.861. The third-order valence-corrected chi connectivity index (χ3v) is 10.2. The van der Waals surface area contributed by atoms with E-state index in [0.717, 1.165) is 56.5 Å². The van der Waals surface area contributed by atoms with E-state index in [-0.39, 0.29) is 0 Å². The summed E-state index contributed by atoms with van der Waals surface area (Å²) >= 11 is 0. The van der Waals surface area contributed by atoms with Gasteiger partial charge in [-0.05, 0) is 66.0 Å². The van der Waals surface area contributed by atoms with Crippen molar-refractivity contribution in [3.63, 3.8) is 0 Å². The van der Waals surface area contributed by atoms with E-state index in [0.29, 0.717) is 0 Å². The molecule has 0 saturated heterocycles. The molecule has 2 aromatic heterocycles. The molecule has 0 unspecified atom stereocenters. The van der Waals surface area contributed by atoms with E-state index >= 15 is 0 Å². The fourth-order valence-electron chi connectivity index (χ4n) is 8.21. The van der Waals surface area contributed by atoms with Crippen LogP contribution in [0.5, 0.6) is 11.5 Å². The van der Waals surface area contributed by atoms with Crippen molar-refractivity contribution in [3.8, 4) is 22.9 Å². The molecule has 1 aliphatic rings. The highest BCUT2D eigenvalue weighted by Crippen LogP contribution is 2.50. The quantitative estimate of drug-likeness (QED) is 0.191. The van der Waals surface area contributed by atoms with E-state index in [1.807, 2.05) is 6.07 Å². The van der Waals surface area contributed by atoms with Crippen LogP contribution in [0.3, 0.4) is 0 Å². The molecule has 0 aliphatic carbocycles. The number of para-hydroxylation sites is 5. The van der Waals surface area contributed by atoms with Gasteiger partial charge >= 0.3 is 0 Å². The summed E-state index contributed by atoms with van der Waals surface area (Å²) in [5.41, 5.74) is 10.0. The summed E-state index contributed by atoms with van der Waals surface area (Å²) in [6, 6.07) is 62.8. The van der Waals surface area contributed by atoms with E-state index in [4.69, 9.17) is 4.74 Å². The molecule has 4 nitrogen and oxygen atoms in total. The maximum Gasteiger partial charge on any atom is 0.154 e. The van der Waals surface area contributed by atoms with Gasteiger partial charge in [0.2, 0.25) is 0 Å². The predicted molar refractivity (Wildman–Crippen MR) is 207 cm³/mol. The summed E-state index contributed by atoms with van der Waals surface area (Å²) in [4.78, 5) is 2.37. The molecule has 50 heavy (non-hydrogen) atoms. The van der Waals surface area contributed by atoms with Crippen molar-refractivity contribution in [1.29, 1.82) is 0 Å². The van der Waals surface area contributed by atoms with Crippen molar-refractivity contribution in [3.05, 3.63) is 176 Å². The van der Waals surface area contributed by atoms with Crippen LogP contribution in [0.25, 0.3) is 65.8 Å². The summed E-state index contributed by atoms with van der Waals surface area (Å²) in [6.45, 7) is 0. The van der Waals surface area contributed by atoms with Crippen molar-refractivity contribution in [1.82, 2.24) is 9.13 Å². The average molecular weight is 640 g/mol. The van der Waals surface area contributed by atoms with Gasteiger partial charge < -0.3 is 18.8 Å². The Bertz CT molecular complexity index is 2970. The molecule has 0 N–H and O–H groups in total. The molecule has 234 valence electrons. The lowest BCUT2D eigenvalue weighted by atomic mass is 10.0. The maximum absolute atomic E-state index is 6.75. The maximum atomic E-state index is 6.75. The number of fused-ring (bicyclic) bond motifs is 10. The van der Waals surface area contributed by atoms with Crippen LogP contribution in [0.15, 0.2) is 176 Å². The van der Waals surface area contributed by atoms with Gasteiger partial charge in [0.1, 0.15) is 0 Å². The van der Waals surface area contributed by atoms with Crippen LogP contribution in [-0.4, -0.2) is 9.13 Å². The Morgan fingerprint density at radius 2 is 1.06 bits per heavy atom. The minimum absolute atomic E-state index is 0.861. The van der Waals surface area contributed by atoms with E-state index in [1.165, 1.54) is 37.8 Å². The Morgan fingerprint density at radius 3 is 1.92 bits per heavy atom. The summed E-state index contributed by atoms with van der Waals surface area (Å²) in [5.74, 6) is 1.73. The van der Waals surface area contributed by atoms with Crippen LogP contribution >= 0.6 is 0 Å². The zero-order valence-electron chi connectivity index (χ0n) is 27.0. The Balaban J connectivity index is 1.22. The number of anilines is 3. The van der Waals surface area contributed by atoms with E-state index in [1.54, 1.807) is 0 Å². The first-order chi connectivity index (χ1) is 24.8. The normalized spacial score (nSPS) is 12.2.